The van der Waals surface area contributed by atoms with Crippen molar-refractivity contribution in [2.24, 2.45) is 0 Å². The van der Waals surface area contributed by atoms with Crippen LogP contribution in [0.2, 0.25) is 0 Å². The summed E-state index contributed by atoms with van der Waals surface area (Å²) in [4.78, 5) is 2.45. The lowest BCUT2D eigenvalue weighted by Crippen LogP contribution is -2.36. The Morgan fingerprint density at radius 3 is 1.87 bits per heavy atom. The minimum Gasteiger partial charge on any atom is -0.457 e. The van der Waals surface area contributed by atoms with Crippen LogP contribution in [0.1, 0.15) is 22.3 Å². The molecule has 1 aliphatic heterocycles. The van der Waals surface area contributed by atoms with Crippen molar-refractivity contribution in [2.45, 2.75) is 5.41 Å². The number of fused-ring (bicyclic) bond motifs is 11. The van der Waals surface area contributed by atoms with Gasteiger partial charge < -0.3 is 14.2 Å². The van der Waals surface area contributed by atoms with E-state index in [0.29, 0.717) is 0 Å². The van der Waals surface area contributed by atoms with Crippen LogP contribution in [0.25, 0.3) is 60.5 Å². The number of anilines is 3. The van der Waals surface area contributed by atoms with Crippen molar-refractivity contribution < 1.29 is 4.74 Å². The molecule has 1 aliphatic carbocycles. The average Bonchev–Trinajstić information content (AvgIpc) is 3.67. The average molecular weight is 791 g/mol. The van der Waals surface area contributed by atoms with Crippen LogP contribution in [0.5, 0.6) is 11.5 Å². The molecule has 290 valence electrons. The highest BCUT2D eigenvalue weighted by atomic mass is 16.5. The van der Waals surface area contributed by atoms with E-state index in [-0.39, 0.29) is 0 Å². The first kappa shape index (κ1) is 34.7. The first-order chi connectivity index (χ1) is 30.8. The number of rotatable bonds is 5. The fraction of sp³-hybridized carbons (Fsp3) is 0.0169. The van der Waals surface area contributed by atoms with Crippen molar-refractivity contribution >= 4 is 49.6 Å². The first-order valence-corrected chi connectivity index (χ1v) is 21.3. The van der Waals surface area contributed by atoms with Crippen molar-refractivity contribution in [1.29, 1.82) is 0 Å². The highest BCUT2D eigenvalue weighted by Gasteiger charge is 2.49. The summed E-state index contributed by atoms with van der Waals surface area (Å²) >= 11 is 0. The summed E-state index contributed by atoms with van der Waals surface area (Å²) in [5.74, 6) is 1.74. The zero-order chi connectivity index (χ0) is 40.8. The van der Waals surface area contributed by atoms with Gasteiger partial charge in [0.25, 0.3) is 0 Å². The standard InChI is InChI=1S/C59H38N2O/c1-3-17-39(18-4-1)44-23-8-12-30-53(44)60(43-33-35-47-46-25-9-13-31-54(46)61(55(47)38-43)41-21-5-2-6-22-41)42-34-36-57-52(37-42)59(50-28-11-14-32-56(50)62-57)49-27-10-7-24-45(49)48-26-15-19-40-20-16-29-51(59)58(40)48/h1-38H. The van der Waals surface area contributed by atoms with E-state index in [1.165, 1.54) is 49.3 Å². The molecule has 0 saturated heterocycles. The Morgan fingerprint density at radius 1 is 0.387 bits per heavy atom. The van der Waals surface area contributed by atoms with Crippen molar-refractivity contribution in [3.8, 4) is 39.4 Å². The number of para-hydroxylation sites is 4. The minimum absolute atomic E-state index is 0.668. The lowest BCUT2D eigenvalue weighted by atomic mass is 9.58. The van der Waals surface area contributed by atoms with E-state index in [1.54, 1.807) is 0 Å². The molecule has 0 bridgehead atoms. The van der Waals surface area contributed by atoms with Gasteiger partial charge in [-0.15, -0.1) is 0 Å². The molecule has 1 unspecified atom stereocenters. The van der Waals surface area contributed by atoms with Gasteiger partial charge in [-0.25, -0.2) is 0 Å². The molecule has 2 aliphatic rings. The van der Waals surface area contributed by atoms with Gasteiger partial charge in [0.2, 0.25) is 0 Å². The Morgan fingerprint density at radius 2 is 1.00 bits per heavy atom. The zero-order valence-electron chi connectivity index (χ0n) is 33.7. The summed E-state index contributed by atoms with van der Waals surface area (Å²) in [6.07, 6.45) is 0. The van der Waals surface area contributed by atoms with Gasteiger partial charge in [0, 0.05) is 44.5 Å². The molecule has 13 rings (SSSR count). The molecule has 1 spiro atoms. The van der Waals surface area contributed by atoms with Crippen molar-refractivity contribution in [3.05, 3.63) is 253 Å². The largest absolute Gasteiger partial charge is 0.457 e. The predicted molar refractivity (Wildman–Crippen MR) is 256 cm³/mol. The highest BCUT2D eigenvalue weighted by Crippen LogP contribution is 2.62. The second-order valence-electron chi connectivity index (χ2n) is 16.4. The number of nitrogens with zero attached hydrogens (tertiary/aromatic N) is 2. The molecule has 10 aromatic carbocycles. The lowest BCUT2D eigenvalue weighted by molar-refractivity contribution is 0.435. The molecular formula is C59H38N2O. The Hall–Kier alpha value is -8.14. The molecular weight excluding hydrogens is 753 g/mol. The van der Waals surface area contributed by atoms with Crippen molar-refractivity contribution in [1.82, 2.24) is 4.57 Å². The second kappa shape index (κ2) is 13.4. The van der Waals surface area contributed by atoms with Crippen LogP contribution in [0.15, 0.2) is 231 Å². The van der Waals surface area contributed by atoms with E-state index < -0.39 is 5.41 Å². The first-order valence-electron chi connectivity index (χ1n) is 21.3. The number of ether oxygens (including phenoxy) is 1. The van der Waals surface area contributed by atoms with Crippen LogP contribution >= 0.6 is 0 Å². The maximum Gasteiger partial charge on any atom is 0.132 e. The maximum atomic E-state index is 6.98. The third-order valence-electron chi connectivity index (χ3n) is 13.2. The molecule has 0 saturated carbocycles. The molecule has 62 heavy (non-hydrogen) atoms. The van der Waals surface area contributed by atoms with Crippen LogP contribution in [0.4, 0.5) is 17.1 Å². The number of hydrogen-bond donors (Lipinski definition) is 0. The van der Waals surface area contributed by atoms with Gasteiger partial charge in [-0.2, -0.15) is 0 Å². The number of aromatic nitrogens is 1. The van der Waals surface area contributed by atoms with Crippen molar-refractivity contribution in [2.75, 3.05) is 4.90 Å². The summed E-state index contributed by atoms with van der Waals surface area (Å²) in [5.41, 5.74) is 15.6. The Bertz CT molecular complexity index is 3560. The summed E-state index contributed by atoms with van der Waals surface area (Å²) < 4.78 is 9.38. The van der Waals surface area contributed by atoms with E-state index in [9.17, 15) is 0 Å². The number of benzene rings is 10. The fourth-order valence-corrected chi connectivity index (χ4v) is 10.7. The zero-order valence-corrected chi connectivity index (χ0v) is 33.7. The van der Waals surface area contributed by atoms with Crippen LogP contribution in [-0.4, -0.2) is 4.57 Å². The topological polar surface area (TPSA) is 17.4 Å². The van der Waals surface area contributed by atoms with Crippen LogP contribution in [0.3, 0.4) is 0 Å². The monoisotopic (exact) mass is 790 g/mol. The maximum absolute atomic E-state index is 6.98. The van der Waals surface area contributed by atoms with E-state index in [0.717, 1.165) is 62.0 Å². The molecule has 2 heterocycles. The van der Waals surface area contributed by atoms with Crippen LogP contribution < -0.4 is 9.64 Å². The molecule has 0 radical (unpaired) electrons. The molecule has 0 amide bonds. The molecule has 3 heteroatoms. The second-order valence-corrected chi connectivity index (χ2v) is 16.4. The van der Waals surface area contributed by atoms with Crippen molar-refractivity contribution in [3.63, 3.8) is 0 Å². The van der Waals surface area contributed by atoms with Gasteiger partial charge in [-0.05, 0) is 99.3 Å². The smallest absolute Gasteiger partial charge is 0.132 e. The van der Waals surface area contributed by atoms with Gasteiger partial charge in [-0.3, -0.25) is 0 Å². The Labute approximate surface area is 360 Å². The van der Waals surface area contributed by atoms with E-state index in [4.69, 9.17) is 4.74 Å². The molecule has 3 nitrogen and oxygen atoms in total. The normalized spacial score (nSPS) is 14.6. The van der Waals surface area contributed by atoms with Crippen LogP contribution in [0, 0.1) is 0 Å². The Balaban J connectivity index is 1.13. The van der Waals surface area contributed by atoms with Gasteiger partial charge in [0.15, 0.2) is 0 Å². The molecule has 0 fully saturated rings. The third-order valence-corrected chi connectivity index (χ3v) is 13.2. The summed E-state index contributed by atoms with van der Waals surface area (Å²) in [5, 5.41) is 4.96. The molecule has 1 atom stereocenters. The van der Waals surface area contributed by atoms with Crippen LogP contribution in [-0.2, 0) is 5.41 Å². The summed E-state index contributed by atoms with van der Waals surface area (Å²) in [6.45, 7) is 0. The molecule has 0 N–H and O–H groups in total. The minimum atomic E-state index is -0.668. The highest BCUT2D eigenvalue weighted by molar-refractivity contribution is 6.11. The van der Waals surface area contributed by atoms with E-state index in [2.05, 4.69) is 240 Å². The number of hydrogen-bond acceptors (Lipinski definition) is 2. The SMILES string of the molecule is c1ccc(-c2ccccc2N(c2ccc3c(c2)C2(c4ccccc4O3)c3ccccc3-c3cccc4cccc2c34)c2ccc3c4ccccc4n(-c4ccccc4)c3c2)cc1. The van der Waals surface area contributed by atoms with Gasteiger partial charge in [0.1, 0.15) is 11.5 Å². The quantitative estimate of drug-likeness (QED) is 0.173. The predicted octanol–water partition coefficient (Wildman–Crippen LogP) is 15.5. The molecule has 11 aromatic rings. The van der Waals surface area contributed by atoms with Gasteiger partial charge in [-0.1, -0.05) is 170 Å². The lowest BCUT2D eigenvalue weighted by Gasteiger charge is -2.45. The van der Waals surface area contributed by atoms with Gasteiger partial charge in [0.05, 0.1) is 22.1 Å². The molecule has 1 aromatic heterocycles. The fourth-order valence-electron chi connectivity index (χ4n) is 10.7. The Kier molecular flexibility index (Phi) is 7.52. The van der Waals surface area contributed by atoms with E-state index >= 15 is 0 Å². The summed E-state index contributed by atoms with van der Waals surface area (Å²) in [7, 11) is 0. The van der Waals surface area contributed by atoms with E-state index in [1.807, 2.05) is 0 Å². The summed E-state index contributed by atoms with van der Waals surface area (Å²) in [6, 6.07) is 84.0. The van der Waals surface area contributed by atoms with Gasteiger partial charge >= 0.3 is 0 Å². The third kappa shape index (κ3) is 4.88.